The second-order valence-corrected chi connectivity index (χ2v) is 4.72. The van der Waals surface area contributed by atoms with Crippen LogP contribution in [0.1, 0.15) is 27.9 Å². The summed E-state index contributed by atoms with van der Waals surface area (Å²) in [5, 5.41) is 0. The van der Waals surface area contributed by atoms with Gasteiger partial charge in [0.05, 0.1) is 0 Å². The molecule has 0 aliphatic carbocycles. The topological polar surface area (TPSA) is 4.93 Å². The van der Waals surface area contributed by atoms with Crippen molar-refractivity contribution in [2.45, 2.75) is 34.2 Å². The first kappa shape index (κ1) is 11.9. The molecule has 1 nitrogen and oxygen atoms in total. The highest BCUT2D eigenvalue weighted by molar-refractivity contribution is 5.32. The van der Waals surface area contributed by atoms with Gasteiger partial charge in [-0.25, -0.2) is 4.39 Å². The monoisotopic (exact) mass is 231 g/mol. The Bertz CT molecular complexity index is 552. The molecule has 0 bridgehead atoms. The minimum absolute atomic E-state index is 0.164. The van der Waals surface area contributed by atoms with Crippen molar-refractivity contribution in [1.82, 2.24) is 4.57 Å². The summed E-state index contributed by atoms with van der Waals surface area (Å²) in [5.74, 6) is -0.164. The number of hydrogen-bond acceptors (Lipinski definition) is 0. The summed E-state index contributed by atoms with van der Waals surface area (Å²) in [6.07, 6.45) is 2.16. The Kier molecular flexibility index (Phi) is 3.05. The molecule has 0 amide bonds. The first-order valence-corrected chi connectivity index (χ1v) is 5.87. The zero-order chi connectivity index (χ0) is 12.6. The van der Waals surface area contributed by atoms with Gasteiger partial charge in [-0.1, -0.05) is 6.07 Å². The van der Waals surface area contributed by atoms with Crippen LogP contribution in [0.2, 0.25) is 0 Å². The van der Waals surface area contributed by atoms with Gasteiger partial charge in [-0.15, -0.1) is 0 Å². The van der Waals surface area contributed by atoms with E-state index in [2.05, 4.69) is 31.5 Å². The number of aromatic nitrogens is 1. The van der Waals surface area contributed by atoms with Gasteiger partial charge in [-0.05, 0) is 62.1 Å². The minimum Gasteiger partial charge on any atom is -0.347 e. The van der Waals surface area contributed by atoms with Gasteiger partial charge in [0.1, 0.15) is 5.82 Å². The van der Waals surface area contributed by atoms with Crippen LogP contribution in [0, 0.1) is 33.5 Å². The van der Waals surface area contributed by atoms with Crippen LogP contribution in [0.25, 0.3) is 0 Å². The lowest BCUT2D eigenvalue weighted by atomic mass is 10.1. The molecule has 90 valence electrons. The molecule has 0 saturated heterocycles. The Hall–Kier alpha value is -1.57. The maximum atomic E-state index is 13.0. The summed E-state index contributed by atoms with van der Waals surface area (Å²) in [7, 11) is 0. The second-order valence-electron chi connectivity index (χ2n) is 4.72. The summed E-state index contributed by atoms with van der Waals surface area (Å²) < 4.78 is 15.3. The van der Waals surface area contributed by atoms with Gasteiger partial charge in [-0.3, -0.25) is 0 Å². The summed E-state index contributed by atoms with van der Waals surface area (Å²) in [4.78, 5) is 0. The molecule has 0 atom stereocenters. The van der Waals surface area contributed by atoms with Gasteiger partial charge in [0.15, 0.2) is 0 Å². The van der Waals surface area contributed by atoms with Crippen LogP contribution in [0.4, 0.5) is 4.39 Å². The van der Waals surface area contributed by atoms with Crippen LogP contribution < -0.4 is 0 Å². The van der Waals surface area contributed by atoms with E-state index in [1.807, 2.05) is 13.0 Å². The predicted molar refractivity (Wildman–Crippen MR) is 68.9 cm³/mol. The van der Waals surface area contributed by atoms with Crippen molar-refractivity contribution in [1.29, 1.82) is 0 Å². The highest BCUT2D eigenvalue weighted by Crippen LogP contribution is 2.18. The van der Waals surface area contributed by atoms with Crippen LogP contribution in [0.3, 0.4) is 0 Å². The van der Waals surface area contributed by atoms with Crippen LogP contribution in [-0.4, -0.2) is 4.57 Å². The molecule has 2 heteroatoms. The van der Waals surface area contributed by atoms with E-state index in [1.54, 1.807) is 6.07 Å². The molecule has 0 unspecified atom stereocenters. The van der Waals surface area contributed by atoms with Crippen molar-refractivity contribution in [2.24, 2.45) is 0 Å². The standard InChI is InChI=1S/C15H18FN/c1-10-7-15(16)6-5-14(10)9-17-8-11(2)12(3)13(17)4/h5-8H,9H2,1-4H3. The number of hydrogen-bond donors (Lipinski definition) is 0. The molecule has 0 fully saturated rings. The number of benzene rings is 1. The molecule has 0 saturated carbocycles. The third-order valence-corrected chi connectivity index (χ3v) is 3.56. The summed E-state index contributed by atoms with van der Waals surface area (Å²) in [6.45, 7) is 9.15. The lowest BCUT2D eigenvalue weighted by molar-refractivity contribution is 0.624. The molecule has 0 N–H and O–H groups in total. The van der Waals surface area contributed by atoms with E-state index >= 15 is 0 Å². The van der Waals surface area contributed by atoms with Gasteiger partial charge in [0.2, 0.25) is 0 Å². The average molecular weight is 231 g/mol. The first-order valence-electron chi connectivity index (χ1n) is 5.87. The highest BCUT2D eigenvalue weighted by Gasteiger charge is 2.07. The fraction of sp³-hybridized carbons (Fsp3) is 0.333. The molecule has 2 rings (SSSR count). The Morgan fingerprint density at radius 1 is 1.06 bits per heavy atom. The largest absolute Gasteiger partial charge is 0.347 e. The van der Waals surface area contributed by atoms with E-state index in [-0.39, 0.29) is 5.82 Å². The Balaban J connectivity index is 2.34. The molecule has 0 aliphatic heterocycles. The Morgan fingerprint density at radius 3 is 2.29 bits per heavy atom. The number of nitrogens with zero attached hydrogens (tertiary/aromatic N) is 1. The van der Waals surface area contributed by atoms with Crippen molar-refractivity contribution in [3.8, 4) is 0 Å². The molecular formula is C15H18FN. The molecule has 0 spiro atoms. The molecule has 17 heavy (non-hydrogen) atoms. The molecule has 1 aromatic carbocycles. The average Bonchev–Trinajstić information content (AvgIpc) is 2.50. The van der Waals surface area contributed by atoms with E-state index in [4.69, 9.17) is 0 Å². The Labute approximate surface area is 102 Å². The van der Waals surface area contributed by atoms with Gasteiger partial charge < -0.3 is 4.57 Å². The van der Waals surface area contributed by atoms with E-state index in [0.29, 0.717) is 0 Å². The SMILES string of the molecule is Cc1cc(F)ccc1Cn1cc(C)c(C)c1C. The van der Waals surface area contributed by atoms with Gasteiger partial charge in [0, 0.05) is 18.4 Å². The molecule has 2 aromatic rings. The van der Waals surface area contributed by atoms with Crippen LogP contribution in [-0.2, 0) is 6.54 Å². The van der Waals surface area contributed by atoms with Crippen molar-refractivity contribution >= 4 is 0 Å². The fourth-order valence-electron chi connectivity index (χ4n) is 2.11. The molecule has 0 aliphatic rings. The van der Waals surface area contributed by atoms with Crippen molar-refractivity contribution < 1.29 is 4.39 Å². The third kappa shape index (κ3) is 2.26. The first-order chi connectivity index (χ1) is 7.99. The Morgan fingerprint density at radius 2 is 1.76 bits per heavy atom. The van der Waals surface area contributed by atoms with E-state index < -0.39 is 0 Å². The normalized spacial score (nSPS) is 10.9. The number of rotatable bonds is 2. The predicted octanol–water partition coefficient (Wildman–Crippen LogP) is 3.91. The zero-order valence-electron chi connectivity index (χ0n) is 10.8. The van der Waals surface area contributed by atoms with Crippen molar-refractivity contribution in [3.63, 3.8) is 0 Å². The van der Waals surface area contributed by atoms with Crippen LogP contribution in [0.15, 0.2) is 24.4 Å². The highest BCUT2D eigenvalue weighted by atomic mass is 19.1. The van der Waals surface area contributed by atoms with E-state index in [1.165, 1.54) is 28.5 Å². The molecule has 0 radical (unpaired) electrons. The summed E-state index contributed by atoms with van der Waals surface area (Å²) in [6, 6.07) is 4.99. The number of halogens is 1. The van der Waals surface area contributed by atoms with Gasteiger partial charge >= 0.3 is 0 Å². The van der Waals surface area contributed by atoms with Gasteiger partial charge in [-0.2, -0.15) is 0 Å². The van der Waals surface area contributed by atoms with E-state index in [9.17, 15) is 4.39 Å². The smallest absolute Gasteiger partial charge is 0.123 e. The molecule has 1 heterocycles. The third-order valence-electron chi connectivity index (χ3n) is 3.56. The quantitative estimate of drug-likeness (QED) is 0.738. The maximum Gasteiger partial charge on any atom is 0.123 e. The lowest BCUT2D eigenvalue weighted by Gasteiger charge is -2.09. The summed E-state index contributed by atoms with van der Waals surface area (Å²) in [5.41, 5.74) is 6.11. The van der Waals surface area contributed by atoms with Crippen LogP contribution >= 0.6 is 0 Å². The van der Waals surface area contributed by atoms with Crippen LogP contribution in [0.5, 0.6) is 0 Å². The van der Waals surface area contributed by atoms with Gasteiger partial charge in [0.25, 0.3) is 0 Å². The zero-order valence-corrected chi connectivity index (χ0v) is 10.8. The van der Waals surface area contributed by atoms with E-state index in [0.717, 1.165) is 12.1 Å². The number of aryl methyl sites for hydroxylation is 2. The molecule has 1 aromatic heterocycles. The van der Waals surface area contributed by atoms with Crippen molar-refractivity contribution in [3.05, 3.63) is 58.2 Å². The lowest BCUT2D eigenvalue weighted by Crippen LogP contribution is -2.02. The second kappa shape index (κ2) is 4.36. The maximum absolute atomic E-state index is 13.0. The van der Waals surface area contributed by atoms with Crippen molar-refractivity contribution in [2.75, 3.05) is 0 Å². The fourth-order valence-corrected chi connectivity index (χ4v) is 2.11. The summed E-state index contributed by atoms with van der Waals surface area (Å²) >= 11 is 0. The molecular weight excluding hydrogens is 213 g/mol. The minimum atomic E-state index is -0.164.